The largest absolute Gasteiger partial charge is 0.392 e. The van der Waals surface area contributed by atoms with Gasteiger partial charge in [0.2, 0.25) is 0 Å². The molecule has 0 radical (unpaired) electrons. The molecule has 0 heterocycles. The van der Waals surface area contributed by atoms with Crippen LogP contribution in [0.25, 0.3) is 0 Å². The Hall–Kier alpha value is -0.170. The molecule has 1 rings (SSSR count). The van der Waals surface area contributed by atoms with Crippen LogP contribution in [0.5, 0.6) is 0 Å². The fraction of sp³-hybridized carbons (Fsp3) is 1.00. The molecule has 1 fully saturated rings. The molecule has 0 aliphatic heterocycles. The summed E-state index contributed by atoms with van der Waals surface area (Å²) in [6.07, 6.45) is 0.0641. The van der Waals surface area contributed by atoms with Crippen LogP contribution in [0.4, 0.5) is 0 Å². The molecule has 0 spiro atoms. The minimum Gasteiger partial charge on any atom is -0.392 e. The van der Waals surface area contributed by atoms with Crippen molar-refractivity contribution in [2.24, 2.45) is 5.41 Å². The molecule has 5 nitrogen and oxygen atoms in total. The van der Waals surface area contributed by atoms with Crippen molar-refractivity contribution in [3.63, 3.8) is 0 Å². The van der Waals surface area contributed by atoms with E-state index in [-0.39, 0.29) is 11.5 Å². The Morgan fingerprint density at radius 1 is 1.50 bits per heavy atom. The highest BCUT2D eigenvalue weighted by Gasteiger charge is 2.48. The number of hydrogen-bond donors (Lipinski definition) is 3. The van der Waals surface area contributed by atoms with Gasteiger partial charge < -0.3 is 5.11 Å². The van der Waals surface area contributed by atoms with Gasteiger partial charge in [0.25, 0.3) is 10.2 Å². The number of aliphatic hydroxyl groups excluding tert-OH is 1. The van der Waals surface area contributed by atoms with E-state index in [1.807, 2.05) is 13.8 Å². The average molecular weight is 222 g/mol. The second-order valence-corrected chi connectivity index (χ2v) is 5.78. The second-order valence-electron chi connectivity index (χ2n) is 4.24. The summed E-state index contributed by atoms with van der Waals surface area (Å²) in [6, 6.07) is -0.179. The van der Waals surface area contributed by atoms with Crippen LogP contribution in [0.1, 0.15) is 27.2 Å². The van der Waals surface area contributed by atoms with E-state index in [2.05, 4.69) is 9.44 Å². The van der Waals surface area contributed by atoms with Crippen molar-refractivity contribution in [3.8, 4) is 0 Å². The quantitative estimate of drug-likeness (QED) is 0.605. The molecule has 6 heteroatoms. The van der Waals surface area contributed by atoms with Crippen molar-refractivity contribution in [3.05, 3.63) is 0 Å². The lowest BCUT2D eigenvalue weighted by Gasteiger charge is -2.49. The van der Waals surface area contributed by atoms with Gasteiger partial charge in [-0.1, -0.05) is 20.8 Å². The molecule has 14 heavy (non-hydrogen) atoms. The molecule has 0 amide bonds. The molecule has 0 aromatic rings. The Labute approximate surface area is 85.1 Å². The molecule has 1 saturated carbocycles. The van der Waals surface area contributed by atoms with Gasteiger partial charge in [0.05, 0.1) is 6.10 Å². The topological polar surface area (TPSA) is 78.4 Å². The third-order valence-corrected chi connectivity index (χ3v) is 4.11. The van der Waals surface area contributed by atoms with E-state index in [1.165, 1.54) is 0 Å². The Morgan fingerprint density at radius 3 is 2.43 bits per heavy atom. The Balaban J connectivity index is 2.56. The van der Waals surface area contributed by atoms with Crippen molar-refractivity contribution in [1.82, 2.24) is 9.44 Å². The van der Waals surface area contributed by atoms with Gasteiger partial charge in [0.15, 0.2) is 0 Å². The molecular formula is C8H18N2O3S. The van der Waals surface area contributed by atoms with E-state index in [0.29, 0.717) is 13.0 Å². The van der Waals surface area contributed by atoms with Crippen molar-refractivity contribution in [1.29, 1.82) is 0 Å². The Morgan fingerprint density at radius 2 is 2.07 bits per heavy atom. The zero-order valence-electron chi connectivity index (χ0n) is 8.74. The predicted molar refractivity (Wildman–Crippen MR) is 53.9 cm³/mol. The van der Waals surface area contributed by atoms with Crippen LogP contribution in [0, 0.1) is 5.41 Å². The minimum absolute atomic E-state index is 0.179. The van der Waals surface area contributed by atoms with Crippen molar-refractivity contribution in [2.75, 3.05) is 6.54 Å². The van der Waals surface area contributed by atoms with Crippen LogP contribution >= 0.6 is 0 Å². The lowest BCUT2D eigenvalue weighted by atomic mass is 9.65. The summed E-state index contributed by atoms with van der Waals surface area (Å²) in [6.45, 7) is 5.78. The van der Waals surface area contributed by atoms with E-state index >= 15 is 0 Å². The van der Waals surface area contributed by atoms with Crippen LogP contribution in [0.15, 0.2) is 0 Å². The fourth-order valence-electron chi connectivity index (χ4n) is 1.52. The monoisotopic (exact) mass is 222 g/mol. The first-order valence-corrected chi connectivity index (χ1v) is 6.23. The maximum absolute atomic E-state index is 11.3. The Bertz CT molecular complexity index is 300. The van der Waals surface area contributed by atoms with E-state index in [4.69, 9.17) is 0 Å². The van der Waals surface area contributed by atoms with E-state index in [9.17, 15) is 13.5 Å². The third kappa shape index (κ3) is 2.25. The molecule has 1 aliphatic carbocycles. The number of hydrogen-bond acceptors (Lipinski definition) is 3. The van der Waals surface area contributed by atoms with Crippen LogP contribution < -0.4 is 9.44 Å². The standard InChI is InChI=1S/C8H18N2O3S/c1-4-9-14(12,13)10-6-5-7(11)8(6,2)3/h6-7,9-11H,4-5H2,1-3H3. The molecule has 2 atom stereocenters. The van der Waals surface area contributed by atoms with Gasteiger partial charge in [-0.05, 0) is 6.42 Å². The molecule has 1 aliphatic rings. The molecule has 0 aromatic heterocycles. The zero-order chi connectivity index (χ0) is 11.0. The summed E-state index contributed by atoms with van der Waals surface area (Å²) < 4.78 is 27.5. The van der Waals surface area contributed by atoms with E-state index < -0.39 is 16.3 Å². The van der Waals surface area contributed by atoms with Crippen LogP contribution in [-0.2, 0) is 10.2 Å². The maximum atomic E-state index is 11.3. The molecule has 3 N–H and O–H groups in total. The van der Waals surface area contributed by atoms with Crippen LogP contribution in [0.3, 0.4) is 0 Å². The molecule has 0 bridgehead atoms. The maximum Gasteiger partial charge on any atom is 0.277 e. The van der Waals surface area contributed by atoms with Gasteiger partial charge in [0.1, 0.15) is 0 Å². The predicted octanol–water partition coefficient (Wildman–Crippen LogP) is -0.410. The molecule has 0 aromatic carbocycles. The molecule has 2 unspecified atom stereocenters. The summed E-state index contributed by atoms with van der Waals surface area (Å²) >= 11 is 0. The van der Waals surface area contributed by atoms with E-state index in [0.717, 1.165) is 0 Å². The zero-order valence-corrected chi connectivity index (χ0v) is 9.56. The average Bonchev–Trinajstić information content (AvgIpc) is 2.03. The van der Waals surface area contributed by atoms with Gasteiger partial charge in [-0.15, -0.1) is 0 Å². The van der Waals surface area contributed by atoms with Crippen molar-refractivity contribution >= 4 is 10.2 Å². The summed E-state index contributed by atoms with van der Waals surface area (Å²) in [7, 11) is -3.40. The molecular weight excluding hydrogens is 204 g/mol. The summed E-state index contributed by atoms with van der Waals surface area (Å²) in [5, 5.41) is 9.42. The van der Waals surface area contributed by atoms with Crippen LogP contribution in [-0.4, -0.2) is 32.2 Å². The highest BCUT2D eigenvalue weighted by atomic mass is 32.2. The second kappa shape index (κ2) is 3.77. The first-order chi connectivity index (χ1) is 6.29. The fourth-order valence-corrected chi connectivity index (χ4v) is 2.76. The highest BCUT2D eigenvalue weighted by molar-refractivity contribution is 7.87. The van der Waals surface area contributed by atoms with Gasteiger partial charge >= 0.3 is 0 Å². The lowest BCUT2D eigenvalue weighted by Crippen LogP contribution is -2.62. The van der Waals surface area contributed by atoms with Crippen LogP contribution in [0.2, 0.25) is 0 Å². The first-order valence-electron chi connectivity index (χ1n) is 4.74. The lowest BCUT2D eigenvalue weighted by molar-refractivity contribution is -0.0646. The normalized spacial score (nSPS) is 31.1. The molecule has 0 saturated heterocycles. The van der Waals surface area contributed by atoms with E-state index in [1.54, 1.807) is 6.92 Å². The molecule has 84 valence electrons. The number of aliphatic hydroxyl groups is 1. The SMILES string of the molecule is CCNS(=O)(=O)NC1CC(O)C1(C)C. The van der Waals surface area contributed by atoms with Gasteiger partial charge in [-0.25, -0.2) is 4.72 Å². The number of nitrogens with one attached hydrogen (secondary N) is 2. The van der Waals surface area contributed by atoms with Crippen molar-refractivity contribution < 1.29 is 13.5 Å². The van der Waals surface area contributed by atoms with Gasteiger partial charge in [0, 0.05) is 18.0 Å². The Kier molecular flexibility index (Phi) is 3.20. The van der Waals surface area contributed by atoms with Gasteiger partial charge in [-0.2, -0.15) is 13.1 Å². The van der Waals surface area contributed by atoms with Crippen molar-refractivity contribution in [2.45, 2.75) is 39.3 Å². The summed E-state index contributed by atoms with van der Waals surface area (Å²) in [5.41, 5.74) is -0.373. The third-order valence-electron chi connectivity index (χ3n) is 2.85. The summed E-state index contributed by atoms with van der Waals surface area (Å²) in [5.74, 6) is 0. The minimum atomic E-state index is -3.40. The summed E-state index contributed by atoms with van der Waals surface area (Å²) in [4.78, 5) is 0. The first kappa shape index (κ1) is 11.9. The smallest absolute Gasteiger partial charge is 0.277 e. The van der Waals surface area contributed by atoms with Gasteiger partial charge in [-0.3, -0.25) is 0 Å². The number of rotatable bonds is 4. The highest BCUT2D eigenvalue weighted by Crippen LogP contribution is 2.40.